The highest BCUT2D eigenvalue weighted by Crippen LogP contribution is 2.40. The first-order valence-corrected chi connectivity index (χ1v) is 5.49. The van der Waals surface area contributed by atoms with E-state index in [9.17, 15) is 18.3 Å². The van der Waals surface area contributed by atoms with Crippen LogP contribution in [0.15, 0.2) is 6.20 Å². The smallest absolute Gasteiger partial charge is 0.393 e. The minimum absolute atomic E-state index is 0.0496. The number of thiazole rings is 1. The van der Waals surface area contributed by atoms with Crippen LogP contribution in [0.1, 0.15) is 35.1 Å². The van der Waals surface area contributed by atoms with Gasteiger partial charge >= 0.3 is 6.18 Å². The summed E-state index contributed by atoms with van der Waals surface area (Å²) >= 11 is 0.692. The van der Waals surface area contributed by atoms with Gasteiger partial charge in [0.15, 0.2) is 5.01 Å². The Kier molecular flexibility index (Phi) is 2.72. The summed E-state index contributed by atoms with van der Waals surface area (Å²) in [6.45, 7) is 0. The van der Waals surface area contributed by atoms with Crippen LogP contribution >= 0.6 is 11.3 Å². The van der Waals surface area contributed by atoms with Gasteiger partial charge in [0.25, 0.3) is 0 Å². The summed E-state index contributed by atoms with van der Waals surface area (Å²) in [4.78, 5) is 4.01. The van der Waals surface area contributed by atoms with Crippen LogP contribution in [-0.2, 0) is 6.18 Å². The average Bonchev–Trinajstić information content (AvgIpc) is 2.69. The first-order chi connectivity index (χ1) is 6.97. The van der Waals surface area contributed by atoms with Crippen LogP contribution in [0.2, 0.25) is 0 Å². The van der Waals surface area contributed by atoms with Crippen molar-refractivity contribution in [1.82, 2.24) is 4.98 Å². The van der Waals surface area contributed by atoms with Crippen LogP contribution in [-0.4, -0.2) is 16.2 Å². The van der Waals surface area contributed by atoms with E-state index in [1.807, 2.05) is 0 Å². The first kappa shape index (κ1) is 10.9. The number of aromatic nitrogens is 1. The summed E-state index contributed by atoms with van der Waals surface area (Å²) in [6.07, 6.45) is -1.45. The van der Waals surface area contributed by atoms with Gasteiger partial charge in [-0.2, -0.15) is 13.2 Å². The third-order valence-corrected chi connectivity index (χ3v) is 3.78. The number of hydrogen-bond acceptors (Lipinski definition) is 3. The topological polar surface area (TPSA) is 33.1 Å². The highest BCUT2D eigenvalue weighted by atomic mass is 32.1. The van der Waals surface area contributed by atoms with Crippen molar-refractivity contribution in [1.29, 1.82) is 0 Å². The van der Waals surface area contributed by atoms with Crippen molar-refractivity contribution in [3.8, 4) is 0 Å². The molecule has 2 nitrogen and oxygen atoms in total. The molecule has 6 heteroatoms. The van der Waals surface area contributed by atoms with Crippen LogP contribution < -0.4 is 0 Å². The summed E-state index contributed by atoms with van der Waals surface area (Å²) in [7, 11) is 0. The van der Waals surface area contributed by atoms with Gasteiger partial charge in [0, 0.05) is 11.1 Å². The molecule has 2 unspecified atom stereocenters. The molecule has 0 aromatic carbocycles. The number of aliphatic hydroxyl groups excluding tert-OH is 1. The molecule has 0 amide bonds. The lowest BCUT2D eigenvalue weighted by Gasteiger charge is -2.04. The first-order valence-electron chi connectivity index (χ1n) is 4.68. The Labute approximate surface area is 88.8 Å². The largest absolute Gasteiger partial charge is 0.443 e. The molecule has 1 saturated carbocycles. The molecule has 0 radical (unpaired) electrons. The van der Waals surface area contributed by atoms with E-state index in [0.29, 0.717) is 29.1 Å². The van der Waals surface area contributed by atoms with Crippen molar-refractivity contribution in [2.75, 3.05) is 0 Å². The maximum atomic E-state index is 12.3. The summed E-state index contributed by atoms with van der Waals surface area (Å²) < 4.78 is 36.8. The summed E-state index contributed by atoms with van der Waals surface area (Å²) in [5, 5.41) is 8.50. The monoisotopic (exact) mass is 237 g/mol. The lowest BCUT2D eigenvalue weighted by Crippen LogP contribution is -2.03. The lowest BCUT2D eigenvalue weighted by molar-refractivity contribution is -0.137. The molecular formula is C9H10F3NOS. The molecule has 1 aromatic heterocycles. The Hall–Kier alpha value is -0.620. The Morgan fingerprint density at radius 2 is 2.13 bits per heavy atom. The van der Waals surface area contributed by atoms with Crippen molar-refractivity contribution in [2.24, 2.45) is 0 Å². The minimum Gasteiger partial charge on any atom is -0.393 e. The van der Waals surface area contributed by atoms with Gasteiger partial charge in [0.1, 0.15) is 0 Å². The second kappa shape index (κ2) is 3.75. The highest BCUT2D eigenvalue weighted by Gasteiger charge is 2.36. The van der Waals surface area contributed by atoms with Gasteiger partial charge in [-0.3, -0.25) is 0 Å². The fourth-order valence-electron chi connectivity index (χ4n) is 1.82. The molecule has 1 aromatic rings. The van der Waals surface area contributed by atoms with E-state index in [2.05, 4.69) is 4.98 Å². The predicted molar refractivity (Wildman–Crippen MR) is 49.7 cm³/mol. The Balaban J connectivity index is 2.14. The fraction of sp³-hybridized carbons (Fsp3) is 0.667. The van der Waals surface area contributed by atoms with Crippen LogP contribution in [0.5, 0.6) is 0 Å². The molecule has 2 atom stereocenters. The molecular weight excluding hydrogens is 227 g/mol. The van der Waals surface area contributed by atoms with Crippen LogP contribution in [0.25, 0.3) is 0 Å². The molecule has 0 aliphatic heterocycles. The molecule has 1 aliphatic carbocycles. The molecule has 84 valence electrons. The summed E-state index contributed by atoms with van der Waals surface area (Å²) in [5.74, 6) is 0.0496. The van der Waals surface area contributed by atoms with E-state index in [4.69, 9.17) is 0 Å². The van der Waals surface area contributed by atoms with Crippen molar-refractivity contribution in [3.05, 3.63) is 16.1 Å². The number of alkyl halides is 3. The van der Waals surface area contributed by atoms with Crippen LogP contribution in [0.4, 0.5) is 13.2 Å². The number of halogens is 3. The summed E-state index contributed by atoms with van der Waals surface area (Å²) in [6, 6.07) is 0. The Morgan fingerprint density at radius 1 is 1.40 bits per heavy atom. The number of hydrogen-bond donors (Lipinski definition) is 1. The molecule has 0 bridgehead atoms. The van der Waals surface area contributed by atoms with Gasteiger partial charge in [-0.05, 0) is 25.2 Å². The lowest BCUT2D eigenvalue weighted by atomic mass is 10.1. The zero-order chi connectivity index (χ0) is 11.1. The minimum atomic E-state index is -4.35. The predicted octanol–water partition coefficient (Wildman–Crippen LogP) is 2.79. The zero-order valence-corrected chi connectivity index (χ0v) is 8.61. The van der Waals surface area contributed by atoms with E-state index in [1.54, 1.807) is 0 Å². The molecule has 2 rings (SSSR count). The third-order valence-electron chi connectivity index (χ3n) is 2.57. The van der Waals surface area contributed by atoms with E-state index in [1.165, 1.54) is 6.20 Å². The van der Waals surface area contributed by atoms with Crippen molar-refractivity contribution in [3.63, 3.8) is 0 Å². The molecule has 15 heavy (non-hydrogen) atoms. The van der Waals surface area contributed by atoms with Crippen molar-refractivity contribution >= 4 is 11.3 Å². The van der Waals surface area contributed by atoms with Gasteiger partial charge in [0.05, 0.1) is 6.10 Å². The van der Waals surface area contributed by atoms with Crippen molar-refractivity contribution < 1.29 is 18.3 Å². The molecule has 1 heterocycles. The maximum absolute atomic E-state index is 12.3. The normalized spacial score (nSPS) is 27.2. The van der Waals surface area contributed by atoms with Gasteiger partial charge in [-0.25, -0.2) is 4.98 Å². The zero-order valence-electron chi connectivity index (χ0n) is 7.79. The molecule has 0 saturated heterocycles. The van der Waals surface area contributed by atoms with Gasteiger partial charge in [-0.1, -0.05) is 0 Å². The molecule has 1 aliphatic rings. The third kappa shape index (κ3) is 2.31. The number of aliphatic hydroxyl groups is 1. The Bertz CT molecular complexity index is 349. The SMILES string of the molecule is OC1CCC(c2cnc(C(F)(F)F)s2)C1. The van der Waals surface area contributed by atoms with E-state index in [-0.39, 0.29) is 12.0 Å². The van der Waals surface area contributed by atoms with Gasteiger partial charge < -0.3 is 5.11 Å². The summed E-state index contributed by atoms with van der Waals surface area (Å²) in [5.41, 5.74) is 0. The fourth-order valence-corrected chi connectivity index (χ4v) is 2.75. The molecule has 0 spiro atoms. The maximum Gasteiger partial charge on any atom is 0.443 e. The Morgan fingerprint density at radius 3 is 2.60 bits per heavy atom. The average molecular weight is 237 g/mol. The van der Waals surface area contributed by atoms with Crippen LogP contribution in [0.3, 0.4) is 0 Å². The number of nitrogens with zero attached hydrogens (tertiary/aromatic N) is 1. The molecule has 1 fully saturated rings. The van der Waals surface area contributed by atoms with E-state index >= 15 is 0 Å². The number of rotatable bonds is 1. The van der Waals surface area contributed by atoms with Crippen LogP contribution in [0, 0.1) is 0 Å². The standard InChI is InChI=1S/C9H10F3NOS/c10-9(11,12)8-13-4-7(15-8)5-1-2-6(14)3-5/h4-6,14H,1-3H2. The van der Waals surface area contributed by atoms with Gasteiger partial charge in [-0.15, -0.1) is 11.3 Å². The quantitative estimate of drug-likeness (QED) is 0.814. The second-order valence-corrected chi connectivity index (χ2v) is 4.79. The van der Waals surface area contributed by atoms with Gasteiger partial charge in [0.2, 0.25) is 0 Å². The van der Waals surface area contributed by atoms with E-state index in [0.717, 1.165) is 6.42 Å². The van der Waals surface area contributed by atoms with Crippen molar-refractivity contribution in [2.45, 2.75) is 37.5 Å². The van der Waals surface area contributed by atoms with E-state index < -0.39 is 11.2 Å². The highest BCUT2D eigenvalue weighted by molar-refractivity contribution is 7.11. The molecule has 1 N–H and O–H groups in total. The second-order valence-electron chi connectivity index (χ2n) is 3.73.